The van der Waals surface area contributed by atoms with Crippen LogP contribution in [0.1, 0.15) is 18.2 Å². The second kappa shape index (κ2) is 7.70. The molecule has 4 aromatic rings. The van der Waals surface area contributed by atoms with Crippen LogP contribution in [0.4, 0.5) is 11.6 Å². The number of nitrogens with one attached hydrogen (secondary N) is 1. The van der Waals surface area contributed by atoms with Crippen LogP contribution >= 0.6 is 0 Å². The fourth-order valence-corrected chi connectivity index (χ4v) is 3.10. The van der Waals surface area contributed by atoms with E-state index in [0.717, 1.165) is 29.1 Å². The molecule has 2 heterocycles. The number of hydrogen-bond acceptors (Lipinski definition) is 5. The highest BCUT2D eigenvalue weighted by Crippen LogP contribution is 2.28. The number of imidazole rings is 1. The smallest absolute Gasteiger partial charge is 0.208 e. The van der Waals surface area contributed by atoms with Crippen LogP contribution in [0.3, 0.4) is 0 Å². The van der Waals surface area contributed by atoms with E-state index in [0.29, 0.717) is 17.2 Å². The number of aryl methyl sites for hydroxylation is 2. The molecule has 0 aliphatic rings. The molecule has 28 heavy (non-hydrogen) atoms. The third kappa shape index (κ3) is 3.68. The molecule has 0 saturated heterocycles. The average molecular weight is 374 g/mol. The minimum atomic E-state index is -0.120. The highest BCUT2D eigenvalue weighted by molar-refractivity contribution is 5.81. The monoisotopic (exact) mass is 374 g/mol. The van der Waals surface area contributed by atoms with Gasteiger partial charge in [-0.1, -0.05) is 19.1 Å². The number of aliphatic hydroxyl groups excluding tert-OH is 1. The molecule has 0 spiro atoms. The van der Waals surface area contributed by atoms with Gasteiger partial charge in [0.15, 0.2) is 0 Å². The van der Waals surface area contributed by atoms with Crippen molar-refractivity contribution in [3.8, 4) is 11.5 Å². The summed E-state index contributed by atoms with van der Waals surface area (Å²) in [5.74, 6) is 2.08. The van der Waals surface area contributed by atoms with Crippen molar-refractivity contribution in [3.63, 3.8) is 0 Å². The number of ether oxygens (including phenoxy) is 1. The maximum atomic E-state index is 9.22. The molecule has 2 aromatic heterocycles. The third-order valence-corrected chi connectivity index (χ3v) is 4.63. The molecule has 0 atom stereocenters. The number of pyridine rings is 1. The number of rotatable bonds is 6. The number of hydrogen-bond donors (Lipinski definition) is 2. The van der Waals surface area contributed by atoms with Crippen LogP contribution in [0.25, 0.3) is 11.0 Å². The maximum Gasteiger partial charge on any atom is 0.208 e. The van der Waals surface area contributed by atoms with E-state index in [9.17, 15) is 5.11 Å². The first-order valence-corrected chi connectivity index (χ1v) is 9.22. The summed E-state index contributed by atoms with van der Waals surface area (Å²) in [5.41, 5.74) is 4.71. The highest BCUT2D eigenvalue weighted by Gasteiger charge is 2.10. The van der Waals surface area contributed by atoms with Gasteiger partial charge in [0, 0.05) is 31.1 Å². The Kier molecular flexibility index (Phi) is 4.95. The molecule has 0 amide bonds. The highest BCUT2D eigenvalue weighted by atomic mass is 16.5. The van der Waals surface area contributed by atoms with E-state index in [2.05, 4.69) is 29.4 Å². The normalized spacial score (nSPS) is 11.0. The molecule has 0 aliphatic carbocycles. The molecule has 6 nitrogen and oxygen atoms in total. The summed E-state index contributed by atoms with van der Waals surface area (Å²) in [4.78, 5) is 8.78. The zero-order chi connectivity index (χ0) is 19.5. The zero-order valence-electron chi connectivity index (χ0n) is 15.9. The first-order chi connectivity index (χ1) is 13.7. The molecule has 2 aromatic carbocycles. The molecular weight excluding hydrogens is 352 g/mol. The minimum Gasteiger partial charge on any atom is -0.457 e. The first kappa shape index (κ1) is 18.0. The van der Waals surface area contributed by atoms with Crippen LogP contribution in [-0.2, 0) is 20.1 Å². The van der Waals surface area contributed by atoms with Crippen LogP contribution in [0.2, 0.25) is 0 Å². The fourth-order valence-electron chi connectivity index (χ4n) is 3.10. The van der Waals surface area contributed by atoms with E-state index >= 15 is 0 Å². The molecule has 6 heteroatoms. The summed E-state index contributed by atoms with van der Waals surface area (Å²) in [7, 11) is 1.98. The van der Waals surface area contributed by atoms with Gasteiger partial charge >= 0.3 is 0 Å². The Morgan fingerprint density at radius 3 is 2.75 bits per heavy atom. The van der Waals surface area contributed by atoms with Gasteiger partial charge in [-0.2, -0.15) is 0 Å². The fraction of sp³-hybridized carbons (Fsp3) is 0.182. The van der Waals surface area contributed by atoms with E-state index < -0.39 is 0 Å². The molecular formula is C22H22N4O2. The predicted molar refractivity (Wildman–Crippen MR) is 110 cm³/mol. The summed E-state index contributed by atoms with van der Waals surface area (Å²) >= 11 is 0. The molecule has 142 valence electrons. The molecule has 0 radical (unpaired) electrons. The third-order valence-electron chi connectivity index (χ3n) is 4.63. The van der Waals surface area contributed by atoms with E-state index in [1.54, 1.807) is 18.3 Å². The van der Waals surface area contributed by atoms with Crippen molar-refractivity contribution < 1.29 is 9.84 Å². The SMILES string of the molecule is CCc1cccc(Nc2nc3cc(Oc4ccnc(CO)c4)ccc3n2C)c1. The van der Waals surface area contributed by atoms with Crippen molar-refractivity contribution >= 4 is 22.7 Å². The summed E-state index contributed by atoms with van der Waals surface area (Å²) in [6.07, 6.45) is 2.61. The van der Waals surface area contributed by atoms with Crippen LogP contribution < -0.4 is 10.1 Å². The molecule has 4 rings (SSSR count). The zero-order valence-corrected chi connectivity index (χ0v) is 15.9. The Morgan fingerprint density at radius 1 is 1.07 bits per heavy atom. The van der Waals surface area contributed by atoms with E-state index in [-0.39, 0.29) is 6.61 Å². The van der Waals surface area contributed by atoms with Crippen molar-refractivity contribution in [2.75, 3.05) is 5.32 Å². The van der Waals surface area contributed by atoms with Crippen LogP contribution in [0.5, 0.6) is 11.5 Å². The van der Waals surface area contributed by atoms with Gasteiger partial charge in [-0.15, -0.1) is 0 Å². The van der Waals surface area contributed by atoms with Crippen molar-refractivity contribution in [1.82, 2.24) is 14.5 Å². The van der Waals surface area contributed by atoms with Gasteiger partial charge in [-0.05, 0) is 42.3 Å². The summed E-state index contributed by atoms with van der Waals surface area (Å²) in [6.45, 7) is 2.02. The lowest BCUT2D eigenvalue weighted by atomic mass is 10.1. The lowest BCUT2D eigenvalue weighted by Crippen LogP contribution is -1.99. The summed E-state index contributed by atoms with van der Waals surface area (Å²) < 4.78 is 7.93. The first-order valence-electron chi connectivity index (χ1n) is 9.22. The van der Waals surface area contributed by atoms with Gasteiger partial charge in [0.05, 0.1) is 23.3 Å². The Morgan fingerprint density at radius 2 is 1.93 bits per heavy atom. The Hall–Kier alpha value is -3.38. The van der Waals surface area contributed by atoms with Gasteiger partial charge in [0.2, 0.25) is 5.95 Å². The Labute approximate surface area is 163 Å². The number of anilines is 2. The molecule has 0 bridgehead atoms. The number of aromatic nitrogens is 3. The summed E-state index contributed by atoms with van der Waals surface area (Å²) in [6, 6.07) is 17.6. The largest absolute Gasteiger partial charge is 0.457 e. The number of aliphatic hydroxyl groups is 1. The Balaban J connectivity index is 1.61. The van der Waals surface area contributed by atoms with Crippen molar-refractivity contribution in [2.24, 2.45) is 7.05 Å². The standard InChI is InChI=1S/C22H22N4O2/c1-3-15-5-4-6-16(11-15)24-22-25-20-13-18(7-8-21(20)26(22)2)28-19-9-10-23-17(12-19)14-27/h4-13,27H,3,14H2,1-2H3,(H,24,25). The minimum absolute atomic E-state index is 0.120. The van der Waals surface area contributed by atoms with Gasteiger partial charge < -0.3 is 19.7 Å². The van der Waals surface area contributed by atoms with Crippen LogP contribution in [0, 0.1) is 0 Å². The van der Waals surface area contributed by atoms with E-state index in [1.807, 2.05) is 41.9 Å². The lowest BCUT2D eigenvalue weighted by Gasteiger charge is -2.08. The van der Waals surface area contributed by atoms with Crippen molar-refractivity contribution in [1.29, 1.82) is 0 Å². The molecule has 0 aliphatic heterocycles. The quantitative estimate of drug-likeness (QED) is 0.518. The second-order valence-corrected chi connectivity index (χ2v) is 6.57. The number of fused-ring (bicyclic) bond motifs is 1. The summed E-state index contributed by atoms with van der Waals surface area (Å²) in [5, 5.41) is 12.6. The predicted octanol–water partition coefficient (Wildman–Crippen LogP) is 4.56. The van der Waals surface area contributed by atoms with Gasteiger partial charge in [-0.3, -0.25) is 4.98 Å². The lowest BCUT2D eigenvalue weighted by molar-refractivity contribution is 0.276. The molecule has 0 fully saturated rings. The van der Waals surface area contributed by atoms with Crippen LogP contribution in [-0.4, -0.2) is 19.6 Å². The van der Waals surface area contributed by atoms with Gasteiger partial charge in [0.25, 0.3) is 0 Å². The molecule has 2 N–H and O–H groups in total. The average Bonchev–Trinajstić information content (AvgIpc) is 3.03. The van der Waals surface area contributed by atoms with E-state index in [1.165, 1.54) is 5.56 Å². The topological polar surface area (TPSA) is 72.2 Å². The molecule has 0 saturated carbocycles. The Bertz CT molecular complexity index is 1120. The van der Waals surface area contributed by atoms with Crippen LogP contribution in [0.15, 0.2) is 60.8 Å². The van der Waals surface area contributed by atoms with Crippen molar-refractivity contribution in [2.45, 2.75) is 20.0 Å². The van der Waals surface area contributed by atoms with E-state index in [4.69, 9.17) is 9.72 Å². The van der Waals surface area contributed by atoms with Crippen molar-refractivity contribution in [3.05, 3.63) is 72.1 Å². The van der Waals surface area contributed by atoms with Gasteiger partial charge in [0.1, 0.15) is 11.5 Å². The second-order valence-electron chi connectivity index (χ2n) is 6.57. The number of nitrogens with zero attached hydrogens (tertiary/aromatic N) is 3. The van der Waals surface area contributed by atoms with Gasteiger partial charge in [-0.25, -0.2) is 4.98 Å². The molecule has 0 unspecified atom stereocenters. The maximum absolute atomic E-state index is 9.22. The number of benzene rings is 2.